The molecule has 0 aliphatic carbocycles. The predicted molar refractivity (Wildman–Crippen MR) is 90.9 cm³/mol. The van der Waals surface area contributed by atoms with Crippen molar-refractivity contribution in [2.45, 2.75) is 6.92 Å². The number of benzene rings is 2. The molecule has 2 N–H and O–H groups in total. The van der Waals surface area contributed by atoms with E-state index >= 15 is 0 Å². The van der Waals surface area contributed by atoms with E-state index in [1.54, 1.807) is 18.2 Å². The molecule has 0 unspecified atom stereocenters. The number of carbonyl (C=O) groups is 1. The fourth-order valence-electron chi connectivity index (χ4n) is 1.87. The highest BCUT2D eigenvalue weighted by Crippen LogP contribution is 2.32. The topological polar surface area (TPSA) is 70.9 Å². The van der Waals surface area contributed by atoms with E-state index in [1.807, 2.05) is 6.92 Å². The molecule has 0 fully saturated rings. The van der Waals surface area contributed by atoms with E-state index in [0.717, 1.165) is 5.56 Å². The summed E-state index contributed by atoms with van der Waals surface area (Å²) in [4.78, 5) is 12.0. The molecule has 0 saturated carbocycles. The molecule has 5 nitrogen and oxygen atoms in total. The zero-order chi connectivity index (χ0) is 17.0. The number of methoxy groups -OCH3 is 1. The number of rotatable bonds is 4. The fraction of sp³-hybridized carbons (Fsp3) is 0.125. The average Bonchev–Trinajstić information content (AvgIpc) is 2.50. The first-order valence-corrected chi connectivity index (χ1v) is 7.34. The van der Waals surface area contributed by atoms with Crippen molar-refractivity contribution in [3.8, 4) is 11.5 Å². The van der Waals surface area contributed by atoms with Gasteiger partial charge in [-0.1, -0.05) is 29.3 Å². The molecule has 0 radical (unpaired) electrons. The maximum atomic E-state index is 12.0. The number of ether oxygens (including phenoxy) is 1. The lowest BCUT2D eigenvalue weighted by Crippen LogP contribution is -2.18. The maximum absolute atomic E-state index is 12.0. The van der Waals surface area contributed by atoms with Gasteiger partial charge in [-0.15, -0.1) is 0 Å². The maximum Gasteiger partial charge on any atom is 0.272 e. The Morgan fingerprint density at radius 2 is 2.04 bits per heavy atom. The van der Waals surface area contributed by atoms with Crippen LogP contribution in [-0.2, 0) is 0 Å². The molecule has 2 rings (SSSR count). The van der Waals surface area contributed by atoms with Crippen LogP contribution in [0.2, 0.25) is 10.0 Å². The number of nitrogens with one attached hydrogen (secondary N) is 1. The molecular weight excluding hydrogens is 339 g/mol. The second kappa shape index (κ2) is 7.35. The fourth-order valence-corrected chi connectivity index (χ4v) is 2.41. The first kappa shape index (κ1) is 17.1. The Hall–Kier alpha value is -2.24. The van der Waals surface area contributed by atoms with Gasteiger partial charge in [0, 0.05) is 16.7 Å². The van der Waals surface area contributed by atoms with Crippen molar-refractivity contribution in [3.63, 3.8) is 0 Å². The van der Waals surface area contributed by atoms with Crippen LogP contribution < -0.4 is 10.2 Å². The van der Waals surface area contributed by atoms with Crippen molar-refractivity contribution in [2.24, 2.45) is 5.10 Å². The minimum Gasteiger partial charge on any atom is -0.504 e. The van der Waals surface area contributed by atoms with Gasteiger partial charge in [-0.2, -0.15) is 5.10 Å². The molecule has 0 bridgehead atoms. The lowest BCUT2D eigenvalue weighted by atomic mass is 10.1. The van der Waals surface area contributed by atoms with E-state index in [0.29, 0.717) is 21.2 Å². The Morgan fingerprint density at radius 1 is 1.30 bits per heavy atom. The third kappa shape index (κ3) is 4.15. The molecule has 0 aromatic heterocycles. The zero-order valence-electron chi connectivity index (χ0n) is 12.4. The molecule has 120 valence electrons. The molecular formula is C16H14Cl2N2O3. The standard InChI is InChI=1S/C16H14Cl2N2O3/c1-9-3-4-12(13(18)5-9)16(22)20-19-8-10-6-11(17)7-14(23-2)15(10)21/h3-8,21H,1-2H3,(H,20,22)/b19-8+. The number of hydrogen-bond donors (Lipinski definition) is 2. The molecule has 2 aromatic rings. The largest absolute Gasteiger partial charge is 0.504 e. The van der Waals surface area contributed by atoms with E-state index in [9.17, 15) is 9.90 Å². The van der Waals surface area contributed by atoms with Gasteiger partial charge in [0.2, 0.25) is 0 Å². The summed E-state index contributed by atoms with van der Waals surface area (Å²) in [6, 6.07) is 8.04. The van der Waals surface area contributed by atoms with Crippen LogP contribution in [0.3, 0.4) is 0 Å². The Balaban J connectivity index is 2.16. The van der Waals surface area contributed by atoms with Crippen LogP contribution in [0.4, 0.5) is 0 Å². The first-order chi connectivity index (χ1) is 10.9. The number of phenolic OH excluding ortho intramolecular Hbond substituents is 1. The molecule has 7 heteroatoms. The summed E-state index contributed by atoms with van der Waals surface area (Å²) < 4.78 is 4.99. The van der Waals surface area contributed by atoms with Crippen LogP contribution in [-0.4, -0.2) is 24.3 Å². The normalized spacial score (nSPS) is 10.8. The van der Waals surface area contributed by atoms with Gasteiger partial charge < -0.3 is 9.84 Å². The van der Waals surface area contributed by atoms with Gasteiger partial charge in [0.05, 0.1) is 23.9 Å². The molecule has 0 saturated heterocycles. The van der Waals surface area contributed by atoms with E-state index in [-0.39, 0.29) is 11.5 Å². The van der Waals surface area contributed by atoms with Gasteiger partial charge in [0.1, 0.15) is 0 Å². The highest BCUT2D eigenvalue weighted by atomic mass is 35.5. The number of hydrazone groups is 1. The van der Waals surface area contributed by atoms with Crippen LogP contribution in [0.15, 0.2) is 35.4 Å². The summed E-state index contributed by atoms with van der Waals surface area (Å²) >= 11 is 11.9. The monoisotopic (exact) mass is 352 g/mol. The smallest absolute Gasteiger partial charge is 0.272 e. The van der Waals surface area contributed by atoms with Gasteiger partial charge in [0.25, 0.3) is 5.91 Å². The molecule has 0 atom stereocenters. The predicted octanol–water partition coefficient (Wildman–Crippen LogP) is 3.78. The van der Waals surface area contributed by atoms with Crippen molar-refractivity contribution in [3.05, 3.63) is 57.1 Å². The van der Waals surface area contributed by atoms with Crippen molar-refractivity contribution >= 4 is 35.3 Å². The van der Waals surface area contributed by atoms with Gasteiger partial charge in [0.15, 0.2) is 11.5 Å². The lowest BCUT2D eigenvalue weighted by molar-refractivity contribution is 0.0955. The minimum atomic E-state index is -0.459. The Labute approximate surface area is 143 Å². The van der Waals surface area contributed by atoms with Crippen LogP contribution in [0, 0.1) is 6.92 Å². The molecule has 23 heavy (non-hydrogen) atoms. The number of amides is 1. The quantitative estimate of drug-likeness (QED) is 0.649. The number of carbonyl (C=O) groups excluding carboxylic acids is 1. The first-order valence-electron chi connectivity index (χ1n) is 6.58. The van der Waals surface area contributed by atoms with E-state index in [4.69, 9.17) is 27.9 Å². The molecule has 0 aliphatic rings. The summed E-state index contributed by atoms with van der Waals surface area (Å²) in [6.07, 6.45) is 1.27. The number of halogens is 2. The summed E-state index contributed by atoms with van der Waals surface area (Å²) in [5, 5.41) is 14.5. The molecule has 0 heterocycles. The number of hydrogen-bond acceptors (Lipinski definition) is 4. The highest BCUT2D eigenvalue weighted by molar-refractivity contribution is 6.34. The second-order valence-electron chi connectivity index (χ2n) is 4.73. The number of nitrogens with zero attached hydrogens (tertiary/aromatic N) is 1. The van der Waals surface area contributed by atoms with Gasteiger partial charge in [-0.3, -0.25) is 4.79 Å². The summed E-state index contributed by atoms with van der Waals surface area (Å²) in [5.41, 5.74) is 3.91. The van der Waals surface area contributed by atoms with Crippen LogP contribution in [0.25, 0.3) is 0 Å². The highest BCUT2D eigenvalue weighted by Gasteiger charge is 2.10. The van der Waals surface area contributed by atoms with Crippen LogP contribution >= 0.6 is 23.2 Å². The number of aryl methyl sites for hydroxylation is 1. The Kier molecular flexibility index (Phi) is 5.47. The molecule has 0 aliphatic heterocycles. The van der Waals surface area contributed by atoms with Crippen molar-refractivity contribution in [1.29, 1.82) is 0 Å². The van der Waals surface area contributed by atoms with Gasteiger partial charge in [-0.05, 0) is 30.7 Å². The van der Waals surface area contributed by atoms with Crippen molar-refractivity contribution in [2.75, 3.05) is 7.11 Å². The lowest BCUT2D eigenvalue weighted by Gasteiger charge is -2.07. The third-order valence-corrected chi connectivity index (χ3v) is 3.56. The minimum absolute atomic E-state index is 0.122. The van der Waals surface area contributed by atoms with E-state index in [1.165, 1.54) is 25.5 Å². The van der Waals surface area contributed by atoms with Crippen molar-refractivity contribution in [1.82, 2.24) is 5.43 Å². The van der Waals surface area contributed by atoms with Gasteiger partial charge in [-0.25, -0.2) is 5.43 Å². The SMILES string of the molecule is COc1cc(Cl)cc(/C=N/NC(=O)c2ccc(C)cc2Cl)c1O. The van der Waals surface area contributed by atoms with E-state index < -0.39 is 5.91 Å². The Bertz CT molecular complexity index is 776. The zero-order valence-corrected chi connectivity index (χ0v) is 13.9. The third-order valence-electron chi connectivity index (χ3n) is 3.03. The summed E-state index contributed by atoms with van der Waals surface area (Å²) in [7, 11) is 1.41. The van der Waals surface area contributed by atoms with Gasteiger partial charge >= 0.3 is 0 Å². The molecule has 0 spiro atoms. The Morgan fingerprint density at radius 3 is 2.70 bits per heavy atom. The van der Waals surface area contributed by atoms with Crippen LogP contribution in [0.1, 0.15) is 21.5 Å². The molecule has 2 aromatic carbocycles. The molecule has 1 amide bonds. The summed E-state index contributed by atoms with van der Waals surface area (Å²) in [5.74, 6) is -0.366. The number of phenols is 1. The average molecular weight is 353 g/mol. The van der Waals surface area contributed by atoms with Crippen molar-refractivity contribution < 1.29 is 14.6 Å². The second-order valence-corrected chi connectivity index (χ2v) is 5.57. The summed E-state index contributed by atoms with van der Waals surface area (Å²) in [6.45, 7) is 1.88. The van der Waals surface area contributed by atoms with Crippen LogP contribution in [0.5, 0.6) is 11.5 Å². The number of aromatic hydroxyl groups is 1. The van der Waals surface area contributed by atoms with E-state index in [2.05, 4.69) is 10.5 Å².